The first kappa shape index (κ1) is 13.2. The van der Waals surface area contributed by atoms with Gasteiger partial charge in [-0.15, -0.1) is 6.58 Å². The van der Waals surface area contributed by atoms with E-state index in [1.165, 1.54) is 11.1 Å². The molecule has 1 N–H and O–H groups in total. The van der Waals surface area contributed by atoms with E-state index >= 15 is 0 Å². The number of aromatic hydroxyl groups is 1. The topological polar surface area (TPSA) is 29.5 Å². The fourth-order valence-corrected chi connectivity index (χ4v) is 1.81. The molecule has 0 unspecified atom stereocenters. The quantitative estimate of drug-likeness (QED) is 0.625. The highest BCUT2D eigenvalue weighted by Crippen LogP contribution is 2.17. The highest BCUT2D eigenvalue weighted by molar-refractivity contribution is 5.33. The van der Waals surface area contributed by atoms with Crippen molar-refractivity contribution in [2.45, 2.75) is 12.8 Å². The lowest BCUT2D eigenvalue weighted by molar-refractivity contribution is 0.325. The molecule has 2 nitrogen and oxygen atoms in total. The lowest BCUT2D eigenvalue weighted by Crippen LogP contribution is -1.95. The number of phenolic OH excluding ortho intramolecular Hbond substituents is 1. The minimum absolute atomic E-state index is 0.301. The van der Waals surface area contributed by atoms with Crippen molar-refractivity contribution in [3.8, 4) is 11.5 Å². The first-order valence-corrected chi connectivity index (χ1v) is 6.38. The lowest BCUT2D eigenvalue weighted by Gasteiger charge is -2.06. The Balaban J connectivity index is 1.94. The SMILES string of the molecule is C=CCCOc1ccc(Cc2ccc(O)cc2)cc1. The summed E-state index contributed by atoms with van der Waals surface area (Å²) in [6.45, 7) is 4.33. The summed E-state index contributed by atoms with van der Waals surface area (Å²) in [4.78, 5) is 0. The molecule has 2 aromatic carbocycles. The van der Waals surface area contributed by atoms with Crippen LogP contribution in [0.25, 0.3) is 0 Å². The summed E-state index contributed by atoms with van der Waals surface area (Å²) in [5.74, 6) is 1.19. The van der Waals surface area contributed by atoms with E-state index in [2.05, 4.69) is 18.7 Å². The second kappa shape index (κ2) is 6.64. The van der Waals surface area contributed by atoms with Crippen LogP contribution in [0.1, 0.15) is 17.5 Å². The maximum absolute atomic E-state index is 9.24. The Morgan fingerprint density at radius 1 is 0.947 bits per heavy atom. The molecular formula is C17H18O2. The molecule has 0 aliphatic heterocycles. The minimum Gasteiger partial charge on any atom is -0.508 e. The van der Waals surface area contributed by atoms with Gasteiger partial charge in [0.25, 0.3) is 0 Å². The van der Waals surface area contributed by atoms with Crippen molar-refractivity contribution in [2.24, 2.45) is 0 Å². The zero-order valence-electron chi connectivity index (χ0n) is 10.9. The van der Waals surface area contributed by atoms with Gasteiger partial charge in [-0.1, -0.05) is 30.3 Å². The van der Waals surface area contributed by atoms with Crippen molar-refractivity contribution < 1.29 is 9.84 Å². The van der Waals surface area contributed by atoms with Crippen LogP contribution in [0.3, 0.4) is 0 Å². The Labute approximate surface area is 114 Å². The van der Waals surface area contributed by atoms with Crippen LogP contribution in [0.4, 0.5) is 0 Å². The van der Waals surface area contributed by atoms with Gasteiger partial charge < -0.3 is 9.84 Å². The molecule has 0 spiro atoms. The molecule has 0 fully saturated rings. The van der Waals surface area contributed by atoms with Crippen LogP contribution >= 0.6 is 0 Å². The molecule has 0 aromatic heterocycles. The van der Waals surface area contributed by atoms with Gasteiger partial charge in [-0.3, -0.25) is 0 Å². The second-order valence-electron chi connectivity index (χ2n) is 4.41. The lowest BCUT2D eigenvalue weighted by atomic mass is 10.0. The molecule has 0 saturated heterocycles. The van der Waals surface area contributed by atoms with Gasteiger partial charge in [0, 0.05) is 0 Å². The van der Waals surface area contributed by atoms with E-state index in [9.17, 15) is 5.11 Å². The van der Waals surface area contributed by atoms with Crippen molar-refractivity contribution in [1.29, 1.82) is 0 Å². The predicted molar refractivity (Wildman–Crippen MR) is 77.7 cm³/mol. The van der Waals surface area contributed by atoms with Crippen LogP contribution in [-0.4, -0.2) is 11.7 Å². The van der Waals surface area contributed by atoms with Gasteiger partial charge in [0.2, 0.25) is 0 Å². The summed E-state index contributed by atoms with van der Waals surface area (Å²) in [7, 11) is 0. The van der Waals surface area contributed by atoms with Crippen LogP contribution in [0.5, 0.6) is 11.5 Å². The Kier molecular flexibility index (Phi) is 4.62. The summed E-state index contributed by atoms with van der Waals surface area (Å²) in [6.07, 6.45) is 3.56. The first-order chi connectivity index (χ1) is 9.28. The normalized spacial score (nSPS) is 10.1. The number of benzene rings is 2. The van der Waals surface area contributed by atoms with Crippen molar-refractivity contribution >= 4 is 0 Å². The van der Waals surface area contributed by atoms with Gasteiger partial charge in [-0.25, -0.2) is 0 Å². The third kappa shape index (κ3) is 4.18. The number of ether oxygens (including phenoxy) is 1. The first-order valence-electron chi connectivity index (χ1n) is 6.38. The Morgan fingerprint density at radius 2 is 1.53 bits per heavy atom. The molecule has 0 atom stereocenters. The largest absolute Gasteiger partial charge is 0.508 e. The maximum Gasteiger partial charge on any atom is 0.119 e. The number of hydrogen-bond acceptors (Lipinski definition) is 2. The van der Waals surface area contributed by atoms with Gasteiger partial charge in [0.05, 0.1) is 6.61 Å². The number of hydrogen-bond donors (Lipinski definition) is 1. The van der Waals surface area contributed by atoms with Crippen molar-refractivity contribution in [3.63, 3.8) is 0 Å². The smallest absolute Gasteiger partial charge is 0.119 e. The molecule has 0 amide bonds. The molecule has 0 aliphatic rings. The molecule has 98 valence electrons. The Bertz CT molecular complexity index is 512. The second-order valence-corrected chi connectivity index (χ2v) is 4.41. The van der Waals surface area contributed by atoms with Crippen molar-refractivity contribution in [2.75, 3.05) is 6.61 Å². The summed E-state index contributed by atoms with van der Waals surface area (Å²) in [5.41, 5.74) is 2.40. The minimum atomic E-state index is 0.301. The Morgan fingerprint density at radius 3 is 2.11 bits per heavy atom. The number of phenols is 1. The average molecular weight is 254 g/mol. The van der Waals surface area contributed by atoms with E-state index in [0.717, 1.165) is 18.6 Å². The molecule has 0 saturated carbocycles. The average Bonchev–Trinajstić information content (AvgIpc) is 2.44. The highest BCUT2D eigenvalue weighted by atomic mass is 16.5. The number of rotatable bonds is 6. The van der Waals surface area contributed by atoms with E-state index in [0.29, 0.717) is 12.4 Å². The molecule has 2 aromatic rings. The van der Waals surface area contributed by atoms with Gasteiger partial charge in [0.1, 0.15) is 11.5 Å². The van der Waals surface area contributed by atoms with Crippen molar-refractivity contribution in [1.82, 2.24) is 0 Å². The zero-order valence-corrected chi connectivity index (χ0v) is 10.9. The zero-order chi connectivity index (χ0) is 13.5. The summed E-state index contributed by atoms with van der Waals surface area (Å²) >= 11 is 0. The summed E-state index contributed by atoms with van der Waals surface area (Å²) < 4.78 is 5.56. The van der Waals surface area contributed by atoms with E-state index in [-0.39, 0.29) is 0 Å². The van der Waals surface area contributed by atoms with Crippen LogP contribution in [0.2, 0.25) is 0 Å². The fraction of sp³-hybridized carbons (Fsp3) is 0.176. The third-order valence-electron chi connectivity index (χ3n) is 2.86. The van der Waals surface area contributed by atoms with Crippen LogP contribution in [0, 0.1) is 0 Å². The van der Waals surface area contributed by atoms with E-state index in [1.807, 2.05) is 30.3 Å². The van der Waals surface area contributed by atoms with Crippen LogP contribution in [0.15, 0.2) is 61.2 Å². The van der Waals surface area contributed by atoms with Crippen LogP contribution in [-0.2, 0) is 6.42 Å². The third-order valence-corrected chi connectivity index (χ3v) is 2.86. The monoisotopic (exact) mass is 254 g/mol. The highest BCUT2D eigenvalue weighted by Gasteiger charge is 1.98. The molecule has 0 bridgehead atoms. The van der Waals surface area contributed by atoms with Gasteiger partial charge >= 0.3 is 0 Å². The predicted octanol–water partition coefficient (Wildman–Crippen LogP) is 3.94. The van der Waals surface area contributed by atoms with Gasteiger partial charge in [-0.2, -0.15) is 0 Å². The molecule has 2 heteroatoms. The summed E-state index contributed by atoms with van der Waals surface area (Å²) in [5, 5.41) is 9.24. The Hall–Kier alpha value is -2.22. The molecule has 19 heavy (non-hydrogen) atoms. The van der Waals surface area contributed by atoms with Gasteiger partial charge in [-0.05, 0) is 48.2 Å². The van der Waals surface area contributed by atoms with E-state index in [1.54, 1.807) is 12.1 Å². The molecular weight excluding hydrogens is 236 g/mol. The van der Waals surface area contributed by atoms with Crippen molar-refractivity contribution in [3.05, 3.63) is 72.3 Å². The van der Waals surface area contributed by atoms with E-state index in [4.69, 9.17) is 4.74 Å². The van der Waals surface area contributed by atoms with E-state index < -0.39 is 0 Å². The van der Waals surface area contributed by atoms with Gasteiger partial charge in [0.15, 0.2) is 0 Å². The summed E-state index contributed by atoms with van der Waals surface area (Å²) in [6, 6.07) is 15.4. The molecule has 0 heterocycles. The maximum atomic E-state index is 9.24. The molecule has 0 radical (unpaired) electrons. The molecule has 2 rings (SSSR count). The van der Waals surface area contributed by atoms with Crippen LogP contribution < -0.4 is 4.74 Å². The molecule has 0 aliphatic carbocycles. The standard InChI is InChI=1S/C17H18O2/c1-2-3-12-19-17-10-6-15(7-11-17)13-14-4-8-16(18)9-5-14/h2,4-11,18H,1,3,12-13H2. The fourth-order valence-electron chi connectivity index (χ4n) is 1.81.